The van der Waals surface area contributed by atoms with Crippen LogP contribution in [-0.2, 0) is 11.3 Å². The van der Waals surface area contributed by atoms with Crippen LogP contribution in [-0.4, -0.2) is 56.2 Å². The third-order valence-electron chi connectivity index (χ3n) is 6.52. The van der Waals surface area contributed by atoms with Gasteiger partial charge in [0.05, 0.1) is 6.10 Å². The van der Waals surface area contributed by atoms with Crippen molar-refractivity contribution in [3.8, 4) is 0 Å². The number of amides is 1. The number of nitrogens with one attached hydrogen (secondary N) is 2. The van der Waals surface area contributed by atoms with E-state index in [2.05, 4.69) is 26.6 Å². The summed E-state index contributed by atoms with van der Waals surface area (Å²) in [6.07, 6.45) is 7.67. The van der Waals surface area contributed by atoms with Crippen molar-refractivity contribution in [2.45, 2.75) is 51.2 Å². The van der Waals surface area contributed by atoms with Crippen LogP contribution in [0, 0.1) is 5.41 Å². The van der Waals surface area contributed by atoms with Gasteiger partial charge in [0.1, 0.15) is 0 Å². The largest absolute Gasteiger partial charge is 0.376 e. The maximum absolute atomic E-state index is 12.4. The standard InChI is InChI=1S/C22H32N4O2/c1-23-21(26-11-10-22(16-26)8-4-9-22)25-14-17-5-2-6-18(13-17)20(27)24-15-19-7-3-12-28-19/h2,5-6,13,19H,3-4,7-12,14-16H2,1H3,(H,23,25)(H,24,27). The van der Waals surface area contributed by atoms with Crippen LogP contribution < -0.4 is 10.6 Å². The molecule has 2 aliphatic heterocycles. The van der Waals surface area contributed by atoms with Crippen LogP contribution in [0.25, 0.3) is 0 Å². The summed E-state index contributed by atoms with van der Waals surface area (Å²) in [6, 6.07) is 7.82. The average Bonchev–Trinajstić information content (AvgIpc) is 3.37. The second kappa shape index (κ2) is 8.52. The Bertz CT molecular complexity index is 723. The summed E-state index contributed by atoms with van der Waals surface area (Å²) >= 11 is 0. The van der Waals surface area contributed by atoms with Gasteiger partial charge < -0.3 is 20.3 Å². The van der Waals surface area contributed by atoms with E-state index in [1.807, 2.05) is 25.2 Å². The highest BCUT2D eigenvalue weighted by molar-refractivity contribution is 5.94. The number of guanidine groups is 1. The number of ether oxygens (including phenoxy) is 1. The first-order valence-electron chi connectivity index (χ1n) is 10.6. The number of aliphatic imine (C=N–C) groups is 1. The molecular weight excluding hydrogens is 352 g/mol. The molecule has 1 unspecified atom stereocenters. The van der Waals surface area contributed by atoms with Gasteiger partial charge in [0.25, 0.3) is 5.91 Å². The molecule has 2 heterocycles. The Labute approximate surface area is 167 Å². The first-order chi connectivity index (χ1) is 13.7. The monoisotopic (exact) mass is 384 g/mol. The van der Waals surface area contributed by atoms with Crippen LogP contribution in [0.4, 0.5) is 0 Å². The van der Waals surface area contributed by atoms with Crippen molar-refractivity contribution >= 4 is 11.9 Å². The minimum absolute atomic E-state index is 0.0341. The van der Waals surface area contributed by atoms with Crippen LogP contribution >= 0.6 is 0 Å². The van der Waals surface area contributed by atoms with E-state index in [1.165, 1.54) is 25.7 Å². The molecule has 3 aliphatic rings. The van der Waals surface area contributed by atoms with E-state index in [9.17, 15) is 4.79 Å². The van der Waals surface area contributed by atoms with Crippen molar-refractivity contribution in [2.75, 3.05) is 33.3 Å². The molecule has 1 amide bonds. The third kappa shape index (κ3) is 4.32. The average molecular weight is 385 g/mol. The maximum Gasteiger partial charge on any atom is 0.251 e. The predicted octanol–water partition coefficient (Wildman–Crippen LogP) is 2.55. The van der Waals surface area contributed by atoms with Gasteiger partial charge in [-0.2, -0.15) is 0 Å². The fraction of sp³-hybridized carbons (Fsp3) is 0.636. The molecule has 2 saturated heterocycles. The second-order valence-electron chi connectivity index (χ2n) is 8.47. The van der Waals surface area contributed by atoms with E-state index >= 15 is 0 Å². The van der Waals surface area contributed by atoms with Gasteiger partial charge in [-0.05, 0) is 55.2 Å². The van der Waals surface area contributed by atoms with E-state index in [1.54, 1.807) is 0 Å². The van der Waals surface area contributed by atoms with Crippen molar-refractivity contribution in [1.29, 1.82) is 0 Å². The summed E-state index contributed by atoms with van der Waals surface area (Å²) in [7, 11) is 1.85. The zero-order valence-electron chi connectivity index (χ0n) is 16.9. The van der Waals surface area contributed by atoms with E-state index in [-0.39, 0.29) is 12.0 Å². The molecule has 0 radical (unpaired) electrons. The molecule has 1 saturated carbocycles. The van der Waals surface area contributed by atoms with E-state index in [0.29, 0.717) is 24.1 Å². The lowest BCUT2D eigenvalue weighted by Gasteiger charge is -2.38. The molecule has 0 bridgehead atoms. The zero-order chi connectivity index (χ0) is 19.4. The Balaban J connectivity index is 1.29. The Morgan fingerprint density at radius 3 is 2.86 bits per heavy atom. The second-order valence-corrected chi connectivity index (χ2v) is 8.47. The molecule has 4 rings (SSSR count). The van der Waals surface area contributed by atoms with Gasteiger partial charge >= 0.3 is 0 Å². The van der Waals surface area contributed by atoms with Gasteiger partial charge in [-0.15, -0.1) is 0 Å². The van der Waals surface area contributed by atoms with E-state index < -0.39 is 0 Å². The highest BCUT2D eigenvalue weighted by atomic mass is 16.5. The van der Waals surface area contributed by atoms with Crippen molar-refractivity contribution < 1.29 is 9.53 Å². The molecule has 28 heavy (non-hydrogen) atoms. The third-order valence-corrected chi connectivity index (χ3v) is 6.52. The molecule has 1 aromatic carbocycles. The summed E-state index contributed by atoms with van der Waals surface area (Å²) in [5, 5.41) is 6.48. The molecule has 1 spiro atoms. The molecule has 6 heteroatoms. The number of rotatable bonds is 5. The topological polar surface area (TPSA) is 66.0 Å². The van der Waals surface area contributed by atoms with E-state index in [4.69, 9.17) is 4.74 Å². The maximum atomic E-state index is 12.4. The number of hydrogen-bond donors (Lipinski definition) is 2. The fourth-order valence-electron chi connectivity index (χ4n) is 4.65. The molecular formula is C22H32N4O2. The van der Waals surface area contributed by atoms with Crippen LogP contribution in [0.2, 0.25) is 0 Å². The quantitative estimate of drug-likeness (QED) is 0.605. The number of carbonyl (C=O) groups is 1. The number of benzene rings is 1. The minimum atomic E-state index is -0.0341. The fourth-order valence-corrected chi connectivity index (χ4v) is 4.65. The van der Waals surface area contributed by atoms with Crippen molar-refractivity contribution in [3.05, 3.63) is 35.4 Å². The van der Waals surface area contributed by atoms with Crippen molar-refractivity contribution in [3.63, 3.8) is 0 Å². The molecule has 1 aromatic rings. The molecule has 1 aliphatic carbocycles. The highest BCUT2D eigenvalue weighted by Crippen LogP contribution is 2.47. The lowest BCUT2D eigenvalue weighted by molar-refractivity contribution is 0.0857. The summed E-state index contributed by atoms with van der Waals surface area (Å²) in [5.41, 5.74) is 2.34. The first-order valence-corrected chi connectivity index (χ1v) is 10.6. The molecule has 152 valence electrons. The molecule has 3 fully saturated rings. The molecule has 2 N–H and O–H groups in total. The minimum Gasteiger partial charge on any atom is -0.376 e. The summed E-state index contributed by atoms with van der Waals surface area (Å²) in [5.74, 6) is 0.935. The Hall–Kier alpha value is -2.08. The number of hydrogen-bond acceptors (Lipinski definition) is 3. The summed E-state index contributed by atoms with van der Waals surface area (Å²) in [4.78, 5) is 19.3. The first kappa shape index (κ1) is 19.2. The molecule has 1 atom stereocenters. The van der Waals surface area contributed by atoms with Gasteiger partial charge in [-0.3, -0.25) is 9.79 Å². The lowest BCUT2D eigenvalue weighted by atomic mass is 9.68. The van der Waals surface area contributed by atoms with Crippen LogP contribution in [0.15, 0.2) is 29.3 Å². The van der Waals surface area contributed by atoms with Crippen molar-refractivity contribution in [2.24, 2.45) is 10.4 Å². The van der Waals surface area contributed by atoms with Gasteiger partial charge in [0.2, 0.25) is 0 Å². The van der Waals surface area contributed by atoms with Gasteiger partial charge in [0.15, 0.2) is 5.96 Å². The van der Waals surface area contributed by atoms with Crippen LogP contribution in [0.1, 0.15) is 54.4 Å². The molecule has 0 aromatic heterocycles. The Kier molecular flexibility index (Phi) is 5.85. The lowest BCUT2D eigenvalue weighted by Crippen LogP contribution is -2.42. The van der Waals surface area contributed by atoms with Gasteiger partial charge in [-0.25, -0.2) is 0 Å². The van der Waals surface area contributed by atoms with Gasteiger partial charge in [-0.1, -0.05) is 18.6 Å². The number of likely N-dealkylation sites (tertiary alicyclic amines) is 1. The Morgan fingerprint density at radius 2 is 2.18 bits per heavy atom. The predicted molar refractivity (Wildman–Crippen MR) is 110 cm³/mol. The summed E-state index contributed by atoms with van der Waals surface area (Å²) < 4.78 is 5.57. The van der Waals surface area contributed by atoms with Crippen LogP contribution in [0.5, 0.6) is 0 Å². The van der Waals surface area contributed by atoms with Crippen molar-refractivity contribution in [1.82, 2.24) is 15.5 Å². The van der Waals surface area contributed by atoms with Gasteiger partial charge in [0, 0.05) is 45.4 Å². The smallest absolute Gasteiger partial charge is 0.251 e. The zero-order valence-corrected chi connectivity index (χ0v) is 16.9. The highest BCUT2D eigenvalue weighted by Gasteiger charge is 2.43. The molecule has 6 nitrogen and oxygen atoms in total. The number of carbonyl (C=O) groups excluding carboxylic acids is 1. The number of nitrogens with zero attached hydrogens (tertiary/aromatic N) is 2. The van der Waals surface area contributed by atoms with E-state index in [0.717, 1.165) is 44.1 Å². The van der Waals surface area contributed by atoms with Crippen LogP contribution in [0.3, 0.4) is 0 Å². The SMILES string of the molecule is CN=C(NCc1cccc(C(=O)NCC2CCCO2)c1)N1CCC2(CCC2)C1. The normalized spacial score (nSPS) is 23.7. The Morgan fingerprint density at radius 1 is 1.29 bits per heavy atom. The summed E-state index contributed by atoms with van der Waals surface area (Å²) in [6.45, 7) is 4.28.